The largest absolute Gasteiger partial charge is 0.481 e. The summed E-state index contributed by atoms with van der Waals surface area (Å²) in [6.45, 7) is 3.65. The van der Waals surface area contributed by atoms with Crippen LogP contribution in [0.15, 0.2) is 0 Å². The molecular weight excluding hydrogens is 448 g/mol. The quantitative estimate of drug-likeness (QED) is 0.123. The van der Waals surface area contributed by atoms with Crippen LogP contribution in [-0.4, -0.2) is 80.9 Å². The maximum atomic E-state index is 12.5. The number of hydrogen-bond acceptors (Lipinski definition) is 8. The fourth-order valence-electron chi connectivity index (χ4n) is 2.54. The van der Waals surface area contributed by atoms with Gasteiger partial charge in [0.2, 0.25) is 17.7 Å². The molecule has 0 rings (SSSR count). The lowest BCUT2D eigenvalue weighted by molar-refractivity contribution is -0.144. The van der Waals surface area contributed by atoms with Crippen LogP contribution in [0.5, 0.6) is 0 Å². The summed E-state index contributed by atoms with van der Waals surface area (Å²) in [4.78, 5) is 70.1. The Hall–Kier alpha value is -2.87. The third-order valence-electron chi connectivity index (χ3n) is 4.15. The number of rotatable bonds is 15. The van der Waals surface area contributed by atoms with E-state index in [-0.39, 0.29) is 11.7 Å². The van der Waals surface area contributed by atoms with E-state index in [1.165, 1.54) is 0 Å². The number of carbonyl (C=O) groups excluding carboxylic acids is 3. The Labute approximate surface area is 189 Å². The number of thiol groups is 1. The van der Waals surface area contributed by atoms with Gasteiger partial charge in [0.15, 0.2) is 0 Å². The maximum Gasteiger partial charge on any atom is 0.326 e. The highest BCUT2D eigenvalue weighted by Crippen LogP contribution is 2.05. The van der Waals surface area contributed by atoms with Gasteiger partial charge in [-0.3, -0.25) is 24.0 Å². The standard InChI is InChI=1S/C18H30N4O9S/c1-8(2)5-9(19)15(27)21-11(6-14(25)26)16(28)22-12(7-32)17(29)20-10(18(30)31)3-4-13(23)24/h8-12,32H,3-7,19H2,1-2H3,(H,20,29)(H,21,27)(H,22,28)(H,23,24)(H,25,26)(H,30,31). The molecule has 0 fully saturated rings. The number of nitrogens with one attached hydrogen (secondary N) is 3. The minimum absolute atomic E-state index is 0.0723. The van der Waals surface area contributed by atoms with Crippen molar-refractivity contribution in [1.82, 2.24) is 16.0 Å². The number of amides is 3. The number of nitrogens with two attached hydrogens (primary N) is 1. The first-order chi connectivity index (χ1) is 14.8. The molecule has 8 N–H and O–H groups in total. The average Bonchev–Trinajstić information content (AvgIpc) is 2.66. The first-order valence-corrected chi connectivity index (χ1v) is 10.4. The molecule has 0 aromatic carbocycles. The Balaban J connectivity index is 5.25. The predicted octanol–water partition coefficient (Wildman–Crippen LogP) is -1.83. The second-order valence-corrected chi connectivity index (χ2v) is 7.84. The molecule has 0 radical (unpaired) electrons. The molecule has 14 heteroatoms. The van der Waals surface area contributed by atoms with Crippen LogP contribution in [0, 0.1) is 5.92 Å². The van der Waals surface area contributed by atoms with Crippen LogP contribution in [0.25, 0.3) is 0 Å². The van der Waals surface area contributed by atoms with Crippen molar-refractivity contribution < 1.29 is 44.1 Å². The van der Waals surface area contributed by atoms with Gasteiger partial charge in [0, 0.05) is 12.2 Å². The topological polar surface area (TPSA) is 225 Å². The number of carboxylic acid groups (broad SMARTS) is 3. The fourth-order valence-corrected chi connectivity index (χ4v) is 2.80. The van der Waals surface area contributed by atoms with E-state index in [1.54, 1.807) is 0 Å². The first kappa shape index (κ1) is 29.1. The number of hydrogen-bond donors (Lipinski definition) is 8. The smallest absolute Gasteiger partial charge is 0.326 e. The van der Waals surface area contributed by atoms with Crippen LogP contribution in [0.4, 0.5) is 0 Å². The summed E-state index contributed by atoms with van der Waals surface area (Å²) < 4.78 is 0. The van der Waals surface area contributed by atoms with Crippen molar-refractivity contribution >= 4 is 48.3 Å². The van der Waals surface area contributed by atoms with Gasteiger partial charge in [-0.2, -0.15) is 12.6 Å². The van der Waals surface area contributed by atoms with E-state index >= 15 is 0 Å². The van der Waals surface area contributed by atoms with Crippen molar-refractivity contribution in [3.8, 4) is 0 Å². The highest BCUT2D eigenvalue weighted by Gasteiger charge is 2.31. The molecule has 0 bridgehead atoms. The fraction of sp³-hybridized carbons (Fsp3) is 0.667. The van der Waals surface area contributed by atoms with Gasteiger partial charge in [-0.05, 0) is 18.8 Å². The summed E-state index contributed by atoms with van der Waals surface area (Å²) in [6, 6.07) is -5.43. The minimum atomic E-state index is -1.55. The van der Waals surface area contributed by atoms with E-state index in [2.05, 4.69) is 28.6 Å². The van der Waals surface area contributed by atoms with Gasteiger partial charge < -0.3 is 37.0 Å². The molecule has 0 spiro atoms. The summed E-state index contributed by atoms with van der Waals surface area (Å²) in [5, 5.41) is 33.4. The maximum absolute atomic E-state index is 12.5. The van der Waals surface area contributed by atoms with Crippen LogP contribution >= 0.6 is 12.6 Å². The molecule has 13 nitrogen and oxygen atoms in total. The second-order valence-electron chi connectivity index (χ2n) is 7.47. The Bertz CT molecular complexity index is 717. The molecule has 182 valence electrons. The van der Waals surface area contributed by atoms with Gasteiger partial charge in [0.25, 0.3) is 0 Å². The lowest BCUT2D eigenvalue weighted by atomic mass is 10.0. The summed E-state index contributed by atoms with van der Waals surface area (Å²) in [6.07, 6.45) is -1.40. The summed E-state index contributed by atoms with van der Waals surface area (Å²) in [7, 11) is 0. The molecule has 4 unspecified atom stereocenters. The lowest BCUT2D eigenvalue weighted by Gasteiger charge is -2.24. The molecule has 4 atom stereocenters. The second kappa shape index (κ2) is 14.2. The molecule has 0 heterocycles. The van der Waals surface area contributed by atoms with Gasteiger partial charge in [0.05, 0.1) is 12.5 Å². The minimum Gasteiger partial charge on any atom is -0.481 e. The van der Waals surface area contributed by atoms with E-state index in [0.29, 0.717) is 6.42 Å². The van der Waals surface area contributed by atoms with Crippen LogP contribution in [0.3, 0.4) is 0 Å². The van der Waals surface area contributed by atoms with Gasteiger partial charge in [-0.1, -0.05) is 13.8 Å². The molecule has 0 aromatic rings. The highest BCUT2D eigenvalue weighted by molar-refractivity contribution is 7.80. The van der Waals surface area contributed by atoms with E-state index in [1.807, 2.05) is 13.8 Å². The van der Waals surface area contributed by atoms with Crippen LogP contribution < -0.4 is 21.7 Å². The van der Waals surface area contributed by atoms with E-state index < -0.39 is 79.1 Å². The van der Waals surface area contributed by atoms with Crippen molar-refractivity contribution in [3.63, 3.8) is 0 Å². The zero-order valence-corrected chi connectivity index (χ0v) is 18.6. The molecule has 0 aromatic heterocycles. The van der Waals surface area contributed by atoms with Crippen molar-refractivity contribution in [1.29, 1.82) is 0 Å². The molecule has 0 aliphatic rings. The monoisotopic (exact) mass is 478 g/mol. The summed E-state index contributed by atoms with van der Waals surface area (Å²) in [5.41, 5.74) is 5.74. The summed E-state index contributed by atoms with van der Waals surface area (Å²) >= 11 is 3.93. The Kier molecular flexibility index (Phi) is 13.0. The molecule has 0 saturated heterocycles. The van der Waals surface area contributed by atoms with Crippen molar-refractivity contribution in [2.45, 2.75) is 63.7 Å². The number of aliphatic carboxylic acids is 3. The summed E-state index contributed by atoms with van der Waals surface area (Å²) in [5.74, 6) is -7.06. The molecule has 0 saturated carbocycles. The van der Waals surface area contributed by atoms with Crippen molar-refractivity contribution in [2.75, 3.05) is 5.75 Å². The van der Waals surface area contributed by atoms with Crippen LogP contribution in [0.2, 0.25) is 0 Å². The van der Waals surface area contributed by atoms with E-state index in [0.717, 1.165) is 0 Å². The SMILES string of the molecule is CC(C)CC(N)C(=O)NC(CC(=O)O)C(=O)NC(CS)C(=O)NC(CCC(=O)O)C(=O)O. The van der Waals surface area contributed by atoms with Gasteiger partial charge in [-0.15, -0.1) is 0 Å². The first-order valence-electron chi connectivity index (χ1n) is 9.72. The molecular formula is C18H30N4O9S. The van der Waals surface area contributed by atoms with Crippen LogP contribution in [0.1, 0.15) is 39.5 Å². The highest BCUT2D eigenvalue weighted by atomic mass is 32.1. The third kappa shape index (κ3) is 11.5. The number of carboxylic acids is 3. The number of carbonyl (C=O) groups is 6. The predicted molar refractivity (Wildman–Crippen MR) is 114 cm³/mol. The van der Waals surface area contributed by atoms with Crippen LogP contribution in [-0.2, 0) is 28.8 Å². The molecule has 0 aliphatic carbocycles. The Morgan fingerprint density at radius 2 is 1.31 bits per heavy atom. The van der Waals surface area contributed by atoms with E-state index in [9.17, 15) is 28.8 Å². The van der Waals surface area contributed by atoms with Crippen molar-refractivity contribution in [3.05, 3.63) is 0 Å². The molecule has 3 amide bonds. The molecule has 0 aliphatic heterocycles. The normalized spacial score (nSPS) is 14.5. The van der Waals surface area contributed by atoms with Gasteiger partial charge >= 0.3 is 17.9 Å². The van der Waals surface area contributed by atoms with Crippen molar-refractivity contribution in [2.24, 2.45) is 11.7 Å². The zero-order valence-electron chi connectivity index (χ0n) is 17.7. The molecule has 32 heavy (non-hydrogen) atoms. The lowest BCUT2D eigenvalue weighted by Crippen LogP contribution is -2.58. The van der Waals surface area contributed by atoms with Gasteiger partial charge in [0.1, 0.15) is 18.1 Å². The Morgan fingerprint density at radius 3 is 1.75 bits per heavy atom. The average molecular weight is 479 g/mol. The van der Waals surface area contributed by atoms with E-state index in [4.69, 9.17) is 21.1 Å². The third-order valence-corrected chi connectivity index (χ3v) is 4.52. The Morgan fingerprint density at radius 1 is 0.812 bits per heavy atom. The van der Waals surface area contributed by atoms with Gasteiger partial charge in [-0.25, -0.2) is 4.79 Å². The zero-order chi connectivity index (χ0) is 25.0.